The van der Waals surface area contributed by atoms with Crippen LogP contribution >= 0.6 is 11.3 Å². The molecule has 194 valence electrons. The van der Waals surface area contributed by atoms with Gasteiger partial charge in [-0.1, -0.05) is 31.9 Å². The molecule has 0 saturated heterocycles. The van der Waals surface area contributed by atoms with Crippen LogP contribution in [0.15, 0.2) is 52.7 Å². The van der Waals surface area contributed by atoms with Gasteiger partial charge < -0.3 is 15.4 Å². The SMILES string of the molecule is CCCCCOc1ccc(Nc2nc(C(=O)NCc3ccc(S(N)(=O)=O)cc3)cs2)cc1C(F)(F)F. The molecule has 2 aromatic carbocycles. The minimum absolute atomic E-state index is 0.0439. The number of carbonyl (C=O) groups is 1. The van der Waals surface area contributed by atoms with Crippen LogP contribution in [0, 0.1) is 0 Å². The van der Waals surface area contributed by atoms with Gasteiger partial charge in [-0.15, -0.1) is 11.3 Å². The minimum Gasteiger partial charge on any atom is -0.493 e. The second-order valence-corrected chi connectivity index (χ2v) is 10.2. The summed E-state index contributed by atoms with van der Waals surface area (Å²) in [7, 11) is -3.81. The van der Waals surface area contributed by atoms with Crippen molar-refractivity contribution in [1.29, 1.82) is 0 Å². The molecule has 0 unspecified atom stereocenters. The number of nitrogens with one attached hydrogen (secondary N) is 2. The van der Waals surface area contributed by atoms with Gasteiger partial charge in [0, 0.05) is 17.6 Å². The van der Waals surface area contributed by atoms with Crippen molar-refractivity contribution in [3.05, 3.63) is 64.7 Å². The van der Waals surface area contributed by atoms with Crippen molar-refractivity contribution < 1.29 is 31.1 Å². The Morgan fingerprint density at radius 1 is 1.14 bits per heavy atom. The van der Waals surface area contributed by atoms with E-state index in [1.807, 2.05) is 6.92 Å². The Morgan fingerprint density at radius 3 is 2.50 bits per heavy atom. The molecule has 1 heterocycles. The highest BCUT2D eigenvalue weighted by Gasteiger charge is 2.34. The molecule has 0 radical (unpaired) electrons. The molecule has 1 amide bonds. The highest BCUT2D eigenvalue weighted by atomic mass is 32.2. The molecule has 3 aromatic rings. The third-order valence-electron chi connectivity index (χ3n) is 4.98. The number of sulfonamides is 1. The van der Waals surface area contributed by atoms with Crippen molar-refractivity contribution in [2.24, 2.45) is 5.14 Å². The van der Waals surface area contributed by atoms with Crippen LogP contribution in [0.2, 0.25) is 0 Å². The van der Waals surface area contributed by atoms with Crippen LogP contribution in [0.3, 0.4) is 0 Å². The molecule has 0 bridgehead atoms. The molecular weight excluding hydrogens is 517 g/mol. The molecule has 0 aliphatic carbocycles. The van der Waals surface area contributed by atoms with E-state index in [4.69, 9.17) is 9.88 Å². The molecule has 13 heteroatoms. The van der Waals surface area contributed by atoms with Crippen molar-refractivity contribution in [3.8, 4) is 5.75 Å². The highest BCUT2D eigenvalue weighted by Crippen LogP contribution is 2.38. The number of nitrogens with two attached hydrogens (primary N) is 1. The van der Waals surface area contributed by atoms with E-state index in [1.165, 1.54) is 41.8 Å². The number of ether oxygens (including phenoxy) is 1. The lowest BCUT2D eigenvalue weighted by Gasteiger charge is -2.15. The molecule has 0 aliphatic heterocycles. The lowest BCUT2D eigenvalue weighted by Crippen LogP contribution is -2.23. The van der Waals surface area contributed by atoms with Crippen molar-refractivity contribution >= 4 is 38.1 Å². The van der Waals surface area contributed by atoms with Crippen LogP contribution in [0.25, 0.3) is 0 Å². The Morgan fingerprint density at radius 2 is 1.86 bits per heavy atom. The maximum absolute atomic E-state index is 13.5. The number of hydrogen-bond donors (Lipinski definition) is 3. The summed E-state index contributed by atoms with van der Waals surface area (Å²) in [6.45, 7) is 2.30. The molecule has 0 atom stereocenters. The van der Waals surface area contributed by atoms with E-state index in [0.29, 0.717) is 12.0 Å². The maximum atomic E-state index is 13.5. The van der Waals surface area contributed by atoms with E-state index < -0.39 is 27.7 Å². The van der Waals surface area contributed by atoms with Crippen molar-refractivity contribution in [2.75, 3.05) is 11.9 Å². The fraction of sp³-hybridized carbons (Fsp3) is 0.304. The van der Waals surface area contributed by atoms with Gasteiger partial charge in [0.15, 0.2) is 5.13 Å². The number of alkyl halides is 3. The number of amides is 1. The van der Waals surface area contributed by atoms with Crippen LogP contribution in [0.5, 0.6) is 5.75 Å². The quantitative estimate of drug-likeness (QED) is 0.291. The summed E-state index contributed by atoms with van der Waals surface area (Å²) in [5.41, 5.74) is -0.0250. The second-order valence-electron chi connectivity index (χ2n) is 7.80. The van der Waals surface area contributed by atoms with Gasteiger partial charge in [-0.2, -0.15) is 13.2 Å². The van der Waals surface area contributed by atoms with Crippen molar-refractivity contribution in [3.63, 3.8) is 0 Å². The molecular formula is C23H25F3N4O4S2. The number of nitrogens with zero attached hydrogens (tertiary/aromatic N) is 1. The summed E-state index contributed by atoms with van der Waals surface area (Å²) < 4.78 is 68.6. The number of unbranched alkanes of at least 4 members (excludes halogenated alkanes) is 2. The zero-order chi connectivity index (χ0) is 26.3. The highest BCUT2D eigenvalue weighted by molar-refractivity contribution is 7.89. The van der Waals surface area contributed by atoms with Gasteiger partial charge >= 0.3 is 6.18 Å². The molecule has 3 rings (SSSR count). The van der Waals surface area contributed by atoms with Gasteiger partial charge in [-0.05, 0) is 42.3 Å². The van der Waals surface area contributed by atoms with Gasteiger partial charge in [0.05, 0.1) is 17.1 Å². The number of thiazole rings is 1. The number of carbonyl (C=O) groups excluding carboxylic acids is 1. The summed E-state index contributed by atoms with van der Waals surface area (Å²) in [6.07, 6.45) is -2.14. The van der Waals surface area contributed by atoms with E-state index in [2.05, 4.69) is 15.6 Å². The Labute approximate surface area is 210 Å². The van der Waals surface area contributed by atoms with Crippen LogP contribution < -0.4 is 20.5 Å². The molecule has 36 heavy (non-hydrogen) atoms. The predicted molar refractivity (Wildman–Crippen MR) is 131 cm³/mol. The molecule has 1 aromatic heterocycles. The smallest absolute Gasteiger partial charge is 0.420 e. The molecule has 8 nitrogen and oxygen atoms in total. The zero-order valence-electron chi connectivity index (χ0n) is 19.3. The molecule has 4 N–H and O–H groups in total. The lowest BCUT2D eigenvalue weighted by atomic mass is 10.1. The third-order valence-corrected chi connectivity index (χ3v) is 6.67. The number of rotatable bonds is 11. The van der Waals surface area contributed by atoms with Crippen LogP contribution in [-0.4, -0.2) is 25.9 Å². The zero-order valence-corrected chi connectivity index (χ0v) is 20.9. The summed E-state index contributed by atoms with van der Waals surface area (Å²) in [4.78, 5) is 16.5. The van der Waals surface area contributed by atoms with Crippen LogP contribution in [0.4, 0.5) is 24.0 Å². The molecule has 0 spiro atoms. The topological polar surface area (TPSA) is 123 Å². The Bertz CT molecular complexity index is 1290. The van der Waals surface area contributed by atoms with E-state index in [9.17, 15) is 26.4 Å². The third kappa shape index (κ3) is 7.67. The normalized spacial score (nSPS) is 11.8. The largest absolute Gasteiger partial charge is 0.493 e. The molecule has 0 aliphatic rings. The number of halogens is 3. The number of aromatic nitrogens is 1. The molecule has 0 fully saturated rings. The summed E-state index contributed by atoms with van der Waals surface area (Å²) in [5, 5.41) is 12.2. The summed E-state index contributed by atoms with van der Waals surface area (Å²) >= 11 is 1.06. The summed E-state index contributed by atoms with van der Waals surface area (Å²) in [6, 6.07) is 9.36. The average molecular weight is 543 g/mol. The Kier molecular flexibility index (Phi) is 8.93. The number of benzene rings is 2. The van der Waals surface area contributed by atoms with Crippen molar-refractivity contribution in [2.45, 2.75) is 43.8 Å². The Balaban J connectivity index is 1.63. The predicted octanol–water partition coefficient (Wildman–Crippen LogP) is 5.05. The van der Waals surface area contributed by atoms with Gasteiger partial charge in [0.25, 0.3) is 5.91 Å². The van der Waals surface area contributed by atoms with Gasteiger partial charge in [-0.3, -0.25) is 4.79 Å². The van der Waals surface area contributed by atoms with Crippen molar-refractivity contribution in [1.82, 2.24) is 10.3 Å². The van der Waals surface area contributed by atoms with Crippen LogP contribution in [0.1, 0.15) is 47.8 Å². The van der Waals surface area contributed by atoms with Gasteiger partial charge in [0.1, 0.15) is 11.4 Å². The monoisotopic (exact) mass is 542 g/mol. The lowest BCUT2D eigenvalue weighted by molar-refractivity contribution is -0.138. The first-order chi connectivity index (χ1) is 17.0. The first-order valence-electron chi connectivity index (χ1n) is 10.9. The second kappa shape index (κ2) is 11.7. The van der Waals surface area contributed by atoms with E-state index in [0.717, 1.165) is 30.2 Å². The summed E-state index contributed by atoms with van der Waals surface area (Å²) in [5.74, 6) is -0.734. The first-order valence-corrected chi connectivity index (χ1v) is 13.4. The standard InChI is InChI=1S/C23H25F3N4O4S2/c1-2-3-4-11-34-20-10-7-16(12-18(20)23(24,25)26)29-22-30-19(14-35-22)21(31)28-13-15-5-8-17(9-6-15)36(27,32)33/h5-10,12,14H,2-4,11,13H2,1H3,(H,28,31)(H,29,30)(H2,27,32,33). The first kappa shape index (κ1) is 27.4. The fourth-order valence-corrected chi connectivity index (χ4v) is 4.34. The maximum Gasteiger partial charge on any atom is 0.420 e. The number of hydrogen-bond acceptors (Lipinski definition) is 7. The number of primary sulfonamides is 1. The van der Waals surface area contributed by atoms with E-state index >= 15 is 0 Å². The molecule has 0 saturated carbocycles. The van der Waals surface area contributed by atoms with Crippen LogP contribution in [-0.2, 0) is 22.7 Å². The number of anilines is 2. The van der Waals surface area contributed by atoms with Gasteiger partial charge in [-0.25, -0.2) is 18.5 Å². The average Bonchev–Trinajstić information content (AvgIpc) is 3.28. The Hall–Kier alpha value is -3.16. The van der Waals surface area contributed by atoms with E-state index in [-0.39, 0.29) is 40.3 Å². The van der Waals surface area contributed by atoms with E-state index in [1.54, 1.807) is 0 Å². The van der Waals surface area contributed by atoms with Gasteiger partial charge in [0.2, 0.25) is 10.0 Å². The fourth-order valence-electron chi connectivity index (χ4n) is 3.12. The minimum atomic E-state index is -4.60.